The summed E-state index contributed by atoms with van der Waals surface area (Å²) in [6.07, 6.45) is 4.00. The zero-order valence-electron chi connectivity index (χ0n) is 18.7. The van der Waals surface area contributed by atoms with Crippen LogP contribution in [0.1, 0.15) is 24.0 Å². The number of aromatic nitrogens is 2. The molecule has 174 valence electrons. The van der Waals surface area contributed by atoms with Gasteiger partial charge in [0.05, 0.1) is 17.6 Å². The molecule has 1 saturated heterocycles. The summed E-state index contributed by atoms with van der Waals surface area (Å²) in [5.74, 6) is 0.554. The van der Waals surface area contributed by atoms with E-state index in [1.54, 1.807) is 34.9 Å². The van der Waals surface area contributed by atoms with Crippen LogP contribution >= 0.6 is 0 Å². The van der Waals surface area contributed by atoms with Gasteiger partial charge in [0.2, 0.25) is 10.0 Å². The highest BCUT2D eigenvalue weighted by Gasteiger charge is 2.33. The van der Waals surface area contributed by atoms with Crippen molar-refractivity contribution in [2.24, 2.45) is 5.92 Å². The predicted octanol–water partition coefficient (Wildman–Crippen LogP) is 1.52. The molecule has 1 saturated carbocycles. The van der Waals surface area contributed by atoms with E-state index in [2.05, 4.69) is 0 Å². The minimum absolute atomic E-state index is 0.0211. The molecule has 8 nitrogen and oxygen atoms in total. The highest BCUT2D eigenvalue weighted by Crippen LogP contribution is 2.30. The second-order valence-electron chi connectivity index (χ2n) is 9.08. The molecule has 5 rings (SSSR count). The standard InChI is InChI=1S/C24H28N4O4S/c1-18-5-9-20(10-6-18)33(31,32)26-14-12-25(13-15-26)17-21-23(29)27-11-3-2-4-22(27)28(24(21)30)16-19-7-8-19/h2-6,9-11,19H,7-8,12-17H2,1H3/p+1. The molecule has 33 heavy (non-hydrogen) atoms. The number of hydrogen-bond acceptors (Lipinski definition) is 5. The van der Waals surface area contributed by atoms with Crippen LogP contribution in [0.15, 0.2) is 58.4 Å². The summed E-state index contributed by atoms with van der Waals surface area (Å²) >= 11 is 0. The average molecular weight is 470 g/mol. The van der Waals surface area contributed by atoms with Gasteiger partial charge < -0.3 is 5.11 Å². The fraction of sp³-hybridized carbons (Fsp3) is 0.417. The van der Waals surface area contributed by atoms with Gasteiger partial charge in [-0.1, -0.05) is 23.8 Å². The van der Waals surface area contributed by atoms with Crippen molar-refractivity contribution in [3.63, 3.8) is 0 Å². The topological polar surface area (TPSA) is 86.2 Å². The Kier molecular flexibility index (Phi) is 5.72. The number of fused-ring (bicyclic) bond motifs is 1. The normalized spacial score (nSPS) is 18.1. The second kappa shape index (κ2) is 8.55. The molecule has 0 spiro atoms. The Morgan fingerprint density at radius 1 is 1.03 bits per heavy atom. The number of aromatic hydroxyl groups is 1. The summed E-state index contributed by atoms with van der Waals surface area (Å²) in [7, 11) is -3.55. The summed E-state index contributed by atoms with van der Waals surface area (Å²) in [5, 5.41) is 11.0. The van der Waals surface area contributed by atoms with Crippen molar-refractivity contribution >= 4 is 15.7 Å². The molecular weight excluding hydrogens is 440 g/mol. The van der Waals surface area contributed by atoms with Crippen molar-refractivity contribution in [2.45, 2.75) is 37.8 Å². The Bertz CT molecular complexity index is 1340. The molecule has 0 bridgehead atoms. The lowest BCUT2D eigenvalue weighted by Crippen LogP contribution is -2.49. The molecule has 3 heterocycles. The summed E-state index contributed by atoms with van der Waals surface area (Å²) in [6, 6.07) is 12.4. The predicted molar refractivity (Wildman–Crippen MR) is 123 cm³/mol. The van der Waals surface area contributed by atoms with Crippen molar-refractivity contribution in [3.8, 4) is 5.88 Å². The van der Waals surface area contributed by atoms with E-state index in [4.69, 9.17) is 0 Å². The average Bonchev–Trinajstić information content (AvgIpc) is 3.64. The maximum Gasteiger partial charge on any atom is 0.350 e. The summed E-state index contributed by atoms with van der Waals surface area (Å²) in [4.78, 5) is 15.5. The fourth-order valence-electron chi connectivity index (χ4n) is 4.43. The molecule has 2 fully saturated rings. The van der Waals surface area contributed by atoms with Crippen LogP contribution in [0.25, 0.3) is 5.65 Å². The molecule has 1 aliphatic heterocycles. The van der Waals surface area contributed by atoms with E-state index >= 15 is 0 Å². The van der Waals surface area contributed by atoms with Crippen molar-refractivity contribution in [2.75, 3.05) is 26.2 Å². The first-order valence-corrected chi connectivity index (χ1v) is 12.8. The first-order valence-electron chi connectivity index (χ1n) is 11.4. The van der Waals surface area contributed by atoms with Gasteiger partial charge in [-0.05, 0) is 43.9 Å². The van der Waals surface area contributed by atoms with Crippen molar-refractivity contribution < 1.29 is 18.1 Å². The molecule has 1 aliphatic carbocycles. The van der Waals surface area contributed by atoms with E-state index < -0.39 is 10.0 Å². The van der Waals surface area contributed by atoms with Crippen LogP contribution in [0.5, 0.6) is 5.88 Å². The Labute approximate surface area is 193 Å². The van der Waals surface area contributed by atoms with Gasteiger partial charge >= 0.3 is 5.56 Å². The lowest BCUT2D eigenvalue weighted by atomic mass is 10.2. The van der Waals surface area contributed by atoms with Gasteiger partial charge in [-0.3, -0.25) is 4.90 Å². The number of benzene rings is 1. The monoisotopic (exact) mass is 469 g/mol. The number of sulfonamides is 1. The first-order chi connectivity index (χ1) is 15.8. The van der Waals surface area contributed by atoms with E-state index in [1.807, 2.05) is 34.6 Å². The molecule has 1 N–H and O–H groups in total. The third-order valence-corrected chi connectivity index (χ3v) is 8.54. The number of rotatable bonds is 6. The quantitative estimate of drug-likeness (QED) is 0.553. The molecule has 0 unspecified atom stereocenters. The Hall–Kier alpha value is -2.75. The fourth-order valence-corrected chi connectivity index (χ4v) is 5.85. The summed E-state index contributed by atoms with van der Waals surface area (Å²) < 4.78 is 30.9. The molecule has 0 radical (unpaired) electrons. The summed E-state index contributed by atoms with van der Waals surface area (Å²) in [5.41, 5.74) is 1.82. The molecule has 9 heteroatoms. The molecule has 0 atom stereocenters. The van der Waals surface area contributed by atoms with E-state index in [1.165, 1.54) is 4.31 Å². The lowest BCUT2D eigenvalue weighted by molar-refractivity contribution is -0.684. The molecule has 3 aromatic rings. The highest BCUT2D eigenvalue weighted by molar-refractivity contribution is 7.89. The Morgan fingerprint density at radius 2 is 1.73 bits per heavy atom. The van der Waals surface area contributed by atoms with Gasteiger partial charge in [-0.25, -0.2) is 13.2 Å². The molecular formula is C24H29N4O4S+. The smallest absolute Gasteiger partial charge is 0.350 e. The van der Waals surface area contributed by atoms with Gasteiger partial charge in [0, 0.05) is 38.8 Å². The van der Waals surface area contributed by atoms with E-state index in [9.17, 15) is 18.3 Å². The highest BCUT2D eigenvalue weighted by atomic mass is 32.2. The number of nitrogens with zero attached hydrogens (tertiary/aromatic N) is 4. The van der Waals surface area contributed by atoms with Crippen molar-refractivity contribution in [3.05, 3.63) is 70.1 Å². The maximum atomic E-state index is 13.2. The third kappa shape index (κ3) is 4.28. The van der Waals surface area contributed by atoms with E-state index in [0.717, 1.165) is 18.4 Å². The van der Waals surface area contributed by atoms with Gasteiger partial charge in [0.1, 0.15) is 5.56 Å². The number of pyridine rings is 1. The Morgan fingerprint density at radius 3 is 2.39 bits per heavy atom. The first kappa shape index (κ1) is 22.1. The molecule has 0 amide bonds. The summed E-state index contributed by atoms with van der Waals surface area (Å²) in [6.45, 7) is 4.56. The zero-order chi connectivity index (χ0) is 23.2. The van der Waals surface area contributed by atoms with E-state index in [0.29, 0.717) is 54.7 Å². The van der Waals surface area contributed by atoms with Crippen LogP contribution in [-0.2, 0) is 23.1 Å². The number of hydrogen-bond donors (Lipinski definition) is 1. The van der Waals surface area contributed by atoms with Crippen LogP contribution in [0.2, 0.25) is 0 Å². The molecule has 2 aromatic heterocycles. The molecule has 2 aliphatic rings. The lowest BCUT2D eigenvalue weighted by Gasteiger charge is -2.33. The minimum Gasteiger partial charge on any atom is -0.477 e. The number of piperazine rings is 1. The second-order valence-corrected chi connectivity index (χ2v) is 11.0. The van der Waals surface area contributed by atoms with Gasteiger partial charge in [-0.2, -0.15) is 13.3 Å². The SMILES string of the molecule is Cc1ccc(S(=O)(=O)N2CCN(Cc3c(O)[n+](CC4CC4)c4ccccn4c3=O)CC2)cc1. The van der Waals surface area contributed by atoms with Crippen LogP contribution in [0.3, 0.4) is 0 Å². The van der Waals surface area contributed by atoms with Crippen LogP contribution in [0, 0.1) is 12.8 Å². The van der Waals surface area contributed by atoms with Gasteiger partial charge in [-0.15, -0.1) is 0 Å². The number of aryl methyl sites for hydroxylation is 1. The molecule has 1 aromatic carbocycles. The zero-order valence-corrected chi connectivity index (χ0v) is 19.5. The van der Waals surface area contributed by atoms with Gasteiger partial charge in [0.25, 0.3) is 11.5 Å². The third-order valence-electron chi connectivity index (χ3n) is 6.63. The maximum absolute atomic E-state index is 13.2. The Balaban J connectivity index is 1.36. The minimum atomic E-state index is -3.55. The van der Waals surface area contributed by atoms with Crippen LogP contribution in [-0.4, -0.2) is 53.3 Å². The van der Waals surface area contributed by atoms with E-state index in [-0.39, 0.29) is 18.0 Å². The van der Waals surface area contributed by atoms with Crippen LogP contribution in [0.4, 0.5) is 0 Å². The van der Waals surface area contributed by atoms with Crippen molar-refractivity contribution in [1.82, 2.24) is 13.6 Å². The largest absolute Gasteiger partial charge is 0.477 e. The van der Waals surface area contributed by atoms with Gasteiger partial charge in [0.15, 0.2) is 0 Å². The van der Waals surface area contributed by atoms with Crippen LogP contribution < -0.4 is 10.1 Å². The van der Waals surface area contributed by atoms with Crippen molar-refractivity contribution in [1.29, 1.82) is 0 Å².